The predicted molar refractivity (Wildman–Crippen MR) is 104 cm³/mol. The van der Waals surface area contributed by atoms with Gasteiger partial charge in [-0.15, -0.1) is 24.8 Å². The molecular weight excluding hydrogens is 331 g/mol. The summed E-state index contributed by atoms with van der Waals surface area (Å²) in [4.78, 5) is 2.45. The lowest BCUT2D eigenvalue weighted by atomic mass is 10.1. The molecule has 2 aliphatic rings. The smallest absolute Gasteiger partial charge is 0.0234 e. The van der Waals surface area contributed by atoms with Crippen molar-refractivity contribution in [3.05, 3.63) is 35.9 Å². The first-order valence-corrected chi connectivity index (χ1v) is 8.22. The van der Waals surface area contributed by atoms with Gasteiger partial charge in [0.15, 0.2) is 0 Å². The number of nitrogens with one attached hydrogen (secondary N) is 1. The summed E-state index contributed by atoms with van der Waals surface area (Å²) in [7, 11) is 0. The SMILES string of the molecule is Cl.Cl.N[C@@H]1CCCN(Cc2ccccc2)C1.N[C@@H]1CCCNC1. The molecule has 0 unspecified atom stereocenters. The fraction of sp³-hybridized carbons (Fsp3) is 0.647. The van der Waals surface area contributed by atoms with Crippen LogP contribution in [0.5, 0.6) is 0 Å². The number of hydrogen-bond donors (Lipinski definition) is 3. The number of benzene rings is 1. The molecule has 0 bridgehead atoms. The van der Waals surface area contributed by atoms with Crippen LogP contribution >= 0.6 is 24.8 Å². The van der Waals surface area contributed by atoms with Crippen molar-refractivity contribution in [1.82, 2.24) is 10.2 Å². The van der Waals surface area contributed by atoms with Crippen molar-refractivity contribution in [2.45, 2.75) is 44.3 Å². The van der Waals surface area contributed by atoms with Gasteiger partial charge in [0, 0.05) is 31.7 Å². The average Bonchev–Trinajstić information content (AvgIpc) is 2.50. The fourth-order valence-electron chi connectivity index (χ4n) is 2.96. The van der Waals surface area contributed by atoms with Crippen LogP contribution < -0.4 is 16.8 Å². The highest BCUT2D eigenvalue weighted by molar-refractivity contribution is 5.85. The van der Waals surface area contributed by atoms with Crippen LogP contribution in [0.3, 0.4) is 0 Å². The number of hydrogen-bond acceptors (Lipinski definition) is 4. The van der Waals surface area contributed by atoms with E-state index in [0.717, 1.165) is 26.2 Å². The van der Waals surface area contributed by atoms with Crippen molar-refractivity contribution in [2.75, 3.05) is 26.2 Å². The molecule has 0 aromatic heterocycles. The lowest BCUT2D eigenvalue weighted by Gasteiger charge is -2.30. The van der Waals surface area contributed by atoms with E-state index in [1.165, 1.54) is 37.8 Å². The van der Waals surface area contributed by atoms with Gasteiger partial charge in [0.1, 0.15) is 0 Å². The summed E-state index contributed by atoms with van der Waals surface area (Å²) >= 11 is 0. The Morgan fingerprint density at radius 3 is 2.22 bits per heavy atom. The highest BCUT2D eigenvalue weighted by Crippen LogP contribution is 2.12. The van der Waals surface area contributed by atoms with Gasteiger partial charge >= 0.3 is 0 Å². The Bertz CT molecular complexity index is 385. The molecule has 0 aliphatic carbocycles. The topological polar surface area (TPSA) is 67.3 Å². The van der Waals surface area contributed by atoms with Crippen LogP contribution in [0.25, 0.3) is 0 Å². The Morgan fingerprint density at radius 1 is 1.00 bits per heavy atom. The first-order chi connectivity index (χ1) is 10.2. The van der Waals surface area contributed by atoms with Crippen molar-refractivity contribution in [1.29, 1.82) is 0 Å². The second kappa shape index (κ2) is 13.0. The maximum Gasteiger partial charge on any atom is 0.0234 e. The summed E-state index contributed by atoms with van der Waals surface area (Å²) in [5, 5.41) is 3.21. The van der Waals surface area contributed by atoms with Crippen LogP contribution in [0.15, 0.2) is 30.3 Å². The van der Waals surface area contributed by atoms with E-state index in [-0.39, 0.29) is 24.8 Å². The van der Waals surface area contributed by atoms with E-state index in [4.69, 9.17) is 11.5 Å². The van der Waals surface area contributed by atoms with Crippen molar-refractivity contribution >= 4 is 24.8 Å². The molecule has 4 nitrogen and oxygen atoms in total. The van der Waals surface area contributed by atoms with E-state index in [0.29, 0.717) is 12.1 Å². The third-order valence-electron chi connectivity index (χ3n) is 4.13. The number of nitrogens with zero attached hydrogens (tertiary/aromatic N) is 1. The third-order valence-corrected chi connectivity index (χ3v) is 4.13. The highest BCUT2D eigenvalue weighted by atomic mass is 35.5. The van der Waals surface area contributed by atoms with Crippen LogP contribution in [0.1, 0.15) is 31.2 Å². The molecule has 1 aromatic carbocycles. The quantitative estimate of drug-likeness (QED) is 0.753. The predicted octanol–water partition coefficient (Wildman–Crippen LogP) is 2.15. The number of halogens is 2. The van der Waals surface area contributed by atoms with Gasteiger partial charge < -0.3 is 16.8 Å². The Kier molecular flexibility index (Phi) is 12.8. The van der Waals surface area contributed by atoms with Gasteiger partial charge in [0.05, 0.1) is 0 Å². The Hall–Kier alpha value is -0.360. The van der Waals surface area contributed by atoms with E-state index in [1.54, 1.807) is 0 Å². The standard InChI is InChI=1S/C12H18N2.C5H12N2.2ClH/c13-12-7-4-8-14(10-12)9-11-5-2-1-3-6-11;6-5-2-1-3-7-4-5;;/h1-3,5-6,12H,4,7-10,13H2;5,7H,1-4,6H2;2*1H/t12-;5-;;/m11../s1. The lowest BCUT2D eigenvalue weighted by molar-refractivity contribution is 0.201. The van der Waals surface area contributed by atoms with Gasteiger partial charge in [-0.25, -0.2) is 0 Å². The summed E-state index contributed by atoms with van der Waals surface area (Å²) in [5.41, 5.74) is 12.9. The van der Waals surface area contributed by atoms with Crippen LogP contribution in [-0.2, 0) is 6.54 Å². The molecule has 0 radical (unpaired) electrons. The molecular formula is C17H32Cl2N4. The molecule has 0 spiro atoms. The van der Waals surface area contributed by atoms with Crippen molar-refractivity contribution < 1.29 is 0 Å². The van der Waals surface area contributed by atoms with Crippen LogP contribution in [0.4, 0.5) is 0 Å². The third kappa shape index (κ3) is 9.50. The summed E-state index contributed by atoms with van der Waals surface area (Å²) in [6.45, 7) is 5.47. The van der Waals surface area contributed by atoms with Crippen molar-refractivity contribution in [3.8, 4) is 0 Å². The van der Waals surface area contributed by atoms with Crippen LogP contribution in [0.2, 0.25) is 0 Å². The zero-order valence-electron chi connectivity index (χ0n) is 13.8. The molecule has 2 saturated heterocycles. The minimum Gasteiger partial charge on any atom is -0.327 e. The van der Waals surface area contributed by atoms with E-state index < -0.39 is 0 Å². The van der Waals surface area contributed by atoms with E-state index in [9.17, 15) is 0 Å². The zero-order chi connectivity index (χ0) is 14.9. The van der Waals surface area contributed by atoms with Gasteiger partial charge in [0.2, 0.25) is 0 Å². The van der Waals surface area contributed by atoms with Crippen molar-refractivity contribution in [2.24, 2.45) is 11.5 Å². The normalized spacial score (nSPS) is 24.4. The number of piperidine rings is 2. The summed E-state index contributed by atoms with van der Waals surface area (Å²) < 4.78 is 0. The molecule has 5 N–H and O–H groups in total. The second-order valence-electron chi connectivity index (χ2n) is 6.23. The zero-order valence-corrected chi connectivity index (χ0v) is 15.5. The van der Waals surface area contributed by atoms with Crippen LogP contribution in [-0.4, -0.2) is 43.2 Å². The van der Waals surface area contributed by atoms with Crippen molar-refractivity contribution in [3.63, 3.8) is 0 Å². The molecule has 3 rings (SSSR count). The molecule has 2 atom stereocenters. The van der Waals surface area contributed by atoms with Gasteiger partial charge in [-0.3, -0.25) is 4.90 Å². The number of rotatable bonds is 2. The molecule has 0 amide bonds. The van der Waals surface area contributed by atoms with E-state index >= 15 is 0 Å². The van der Waals surface area contributed by atoms with Gasteiger partial charge in [-0.2, -0.15) is 0 Å². The first kappa shape index (κ1) is 22.6. The maximum absolute atomic E-state index is 5.94. The Labute approximate surface area is 153 Å². The summed E-state index contributed by atoms with van der Waals surface area (Å²) in [6, 6.07) is 11.4. The first-order valence-electron chi connectivity index (χ1n) is 8.22. The number of nitrogens with two attached hydrogens (primary N) is 2. The molecule has 0 saturated carbocycles. The van der Waals surface area contributed by atoms with Gasteiger partial charge in [0.25, 0.3) is 0 Å². The molecule has 23 heavy (non-hydrogen) atoms. The molecule has 2 heterocycles. The van der Waals surface area contributed by atoms with E-state index in [1.807, 2.05) is 0 Å². The Balaban J connectivity index is 0.000000463. The summed E-state index contributed by atoms with van der Waals surface area (Å²) in [5.74, 6) is 0. The van der Waals surface area contributed by atoms with E-state index in [2.05, 4.69) is 40.5 Å². The summed E-state index contributed by atoms with van der Waals surface area (Å²) in [6.07, 6.45) is 4.88. The highest BCUT2D eigenvalue weighted by Gasteiger charge is 2.16. The Morgan fingerprint density at radius 2 is 1.70 bits per heavy atom. The van der Waals surface area contributed by atoms with Crippen LogP contribution in [0, 0.1) is 0 Å². The minimum absolute atomic E-state index is 0. The monoisotopic (exact) mass is 362 g/mol. The number of likely N-dealkylation sites (tertiary alicyclic amines) is 1. The molecule has 6 heteroatoms. The largest absolute Gasteiger partial charge is 0.327 e. The molecule has 1 aromatic rings. The molecule has 2 aliphatic heterocycles. The lowest BCUT2D eigenvalue weighted by Crippen LogP contribution is -2.42. The van der Waals surface area contributed by atoms with Gasteiger partial charge in [-0.05, 0) is 44.3 Å². The fourth-order valence-corrected chi connectivity index (χ4v) is 2.96. The van der Waals surface area contributed by atoms with Gasteiger partial charge in [-0.1, -0.05) is 30.3 Å². The maximum atomic E-state index is 5.94. The minimum atomic E-state index is 0. The second-order valence-corrected chi connectivity index (χ2v) is 6.23. The average molecular weight is 363 g/mol. The molecule has 2 fully saturated rings. The molecule has 134 valence electrons.